The Kier molecular flexibility index (Phi) is 5.85. The van der Waals surface area contributed by atoms with Crippen LogP contribution in [-0.4, -0.2) is 33.9 Å². The van der Waals surface area contributed by atoms with E-state index in [9.17, 15) is 8.42 Å². The Morgan fingerprint density at radius 3 is 2.21 bits per heavy atom. The molecule has 4 nitrogen and oxygen atoms in total. The minimum Gasteiger partial charge on any atom is -0.317 e. The Bertz CT molecular complexity index is 637. The van der Waals surface area contributed by atoms with Crippen LogP contribution in [0.1, 0.15) is 43.6 Å². The van der Waals surface area contributed by atoms with Gasteiger partial charge in [-0.3, -0.25) is 4.18 Å². The SMILES string of the molecule is CS(=O)(=O)OC(C1CCNCC1)C(c1ccc(Cl)cc1)C1CCC1. The molecule has 1 heterocycles. The maximum Gasteiger partial charge on any atom is 0.264 e. The summed E-state index contributed by atoms with van der Waals surface area (Å²) in [6.45, 7) is 1.85. The summed E-state index contributed by atoms with van der Waals surface area (Å²) in [7, 11) is -3.50. The van der Waals surface area contributed by atoms with Gasteiger partial charge in [0.2, 0.25) is 0 Å². The molecular formula is C18H26ClNO3S. The van der Waals surface area contributed by atoms with E-state index < -0.39 is 10.1 Å². The van der Waals surface area contributed by atoms with Gasteiger partial charge in [0.05, 0.1) is 12.4 Å². The molecule has 2 aliphatic rings. The molecule has 6 heteroatoms. The smallest absolute Gasteiger partial charge is 0.264 e. The third kappa shape index (κ3) is 4.51. The molecule has 1 aliphatic heterocycles. The summed E-state index contributed by atoms with van der Waals surface area (Å²) >= 11 is 6.04. The molecule has 1 saturated carbocycles. The van der Waals surface area contributed by atoms with E-state index >= 15 is 0 Å². The first-order chi connectivity index (χ1) is 11.4. The van der Waals surface area contributed by atoms with Gasteiger partial charge in [-0.25, -0.2) is 0 Å². The van der Waals surface area contributed by atoms with E-state index in [0.717, 1.165) is 44.3 Å². The van der Waals surface area contributed by atoms with Crippen molar-refractivity contribution in [3.63, 3.8) is 0 Å². The van der Waals surface area contributed by atoms with Crippen molar-refractivity contribution in [3.8, 4) is 0 Å². The van der Waals surface area contributed by atoms with Crippen LogP contribution in [0.25, 0.3) is 0 Å². The summed E-state index contributed by atoms with van der Waals surface area (Å²) in [6.07, 6.45) is 6.29. The van der Waals surface area contributed by atoms with E-state index in [1.165, 1.54) is 12.7 Å². The van der Waals surface area contributed by atoms with Gasteiger partial charge in [-0.1, -0.05) is 30.2 Å². The molecule has 1 aliphatic carbocycles. The van der Waals surface area contributed by atoms with Crippen LogP contribution in [0.15, 0.2) is 24.3 Å². The standard InChI is InChI=1S/C18H26ClNO3S/c1-24(21,22)23-18(15-9-11-20-12-10-15)17(13-3-2-4-13)14-5-7-16(19)8-6-14/h5-8,13,15,17-18,20H,2-4,9-12H2,1H3. The average Bonchev–Trinajstić information content (AvgIpc) is 2.50. The number of piperidine rings is 1. The molecular weight excluding hydrogens is 346 g/mol. The van der Waals surface area contributed by atoms with Crippen LogP contribution in [-0.2, 0) is 14.3 Å². The van der Waals surface area contributed by atoms with Crippen LogP contribution in [0.5, 0.6) is 0 Å². The van der Waals surface area contributed by atoms with Crippen molar-refractivity contribution in [2.75, 3.05) is 19.3 Å². The minimum atomic E-state index is -3.50. The summed E-state index contributed by atoms with van der Waals surface area (Å²) in [5.74, 6) is 0.879. The molecule has 134 valence electrons. The first-order valence-corrected chi connectivity index (χ1v) is 11.0. The van der Waals surface area contributed by atoms with Gasteiger partial charge < -0.3 is 5.32 Å². The van der Waals surface area contributed by atoms with Gasteiger partial charge in [-0.2, -0.15) is 8.42 Å². The van der Waals surface area contributed by atoms with Crippen molar-refractivity contribution in [2.24, 2.45) is 11.8 Å². The summed E-state index contributed by atoms with van der Waals surface area (Å²) < 4.78 is 29.6. The zero-order valence-corrected chi connectivity index (χ0v) is 15.7. The highest BCUT2D eigenvalue weighted by Gasteiger charge is 2.41. The highest BCUT2D eigenvalue weighted by atomic mass is 35.5. The van der Waals surface area contributed by atoms with Crippen molar-refractivity contribution < 1.29 is 12.6 Å². The molecule has 24 heavy (non-hydrogen) atoms. The Morgan fingerprint density at radius 2 is 1.71 bits per heavy atom. The number of benzene rings is 1. The number of hydrogen-bond donors (Lipinski definition) is 1. The highest BCUT2D eigenvalue weighted by Crippen LogP contribution is 2.45. The molecule has 1 aromatic rings. The second-order valence-electron chi connectivity index (χ2n) is 7.12. The molecule has 3 rings (SSSR count). The Morgan fingerprint density at radius 1 is 1.08 bits per heavy atom. The fraction of sp³-hybridized carbons (Fsp3) is 0.667. The third-order valence-electron chi connectivity index (χ3n) is 5.40. The van der Waals surface area contributed by atoms with E-state index in [0.29, 0.717) is 10.9 Å². The summed E-state index contributed by atoms with van der Waals surface area (Å²) in [4.78, 5) is 0. The summed E-state index contributed by atoms with van der Waals surface area (Å²) in [6, 6.07) is 7.85. The first kappa shape index (κ1) is 18.2. The van der Waals surface area contributed by atoms with E-state index in [1.54, 1.807) is 0 Å². The van der Waals surface area contributed by atoms with E-state index in [-0.39, 0.29) is 17.9 Å². The normalized spacial score (nSPS) is 22.8. The lowest BCUT2D eigenvalue weighted by molar-refractivity contribution is 0.0533. The quantitative estimate of drug-likeness (QED) is 0.777. The zero-order chi connectivity index (χ0) is 17.2. The van der Waals surface area contributed by atoms with Crippen molar-refractivity contribution >= 4 is 21.7 Å². The van der Waals surface area contributed by atoms with Gasteiger partial charge in [0.25, 0.3) is 10.1 Å². The third-order valence-corrected chi connectivity index (χ3v) is 6.22. The molecule has 1 N–H and O–H groups in total. The monoisotopic (exact) mass is 371 g/mol. The van der Waals surface area contributed by atoms with Gasteiger partial charge in [0.1, 0.15) is 0 Å². The molecule has 0 radical (unpaired) electrons. The molecule has 0 bridgehead atoms. The Balaban J connectivity index is 1.93. The lowest BCUT2D eigenvalue weighted by atomic mass is 9.67. The molecule has 0 spiro atoms. The largest absolute Gasteiger partial charge is 0.317 e. The van der Waals surface area contributed by atoms with Gasteiger partial charge >= 0.3 is 0 Å². The van der Waals surface area contributed by atoms with Crippen LogP contribution in [0.2, 0.25) is 5.02 Å². The molecule has 0 aromatic heterocycles. The molecule has 2 fully saturated rings. The summed E-state index contributed by atoms with van der Waals surface area (Å²) in [5.41, 5.74) is 1.15. The second kappa shape index (κ2) is 7.73. The molecule has 1 saturated heterocycles. The van der Waals surface area contributed by atoms with E-state index in [4.69, 9.17) is 15.8 Å². The average molecular weight is 372 g/mol. The molecule has 0 amide bonds. The number of nitrogens with one attached hydrogen (secondary N) is 1. The predicted octanol–water partition coefficient (Wildman–Crippen LogP) is 3.57. The minimum absolute atomic E-state index is 0.119. The maximum absolute atomic E-state index is 11.9. The summed E-state index contributed by atoms with van der Waals surface area (Å²) in [5, 5.41) is 4.06. The van der Waals surface area contributed by atoms with Gasteiger partial charge in [-0.05, 0) is 68.3 Å². The van der Waals surface area contributed by atoms with Crippen molar-refractivity contribution in [1.82, 2.24) is 5.32 Å². The van der Waals surface area contributed by atoms with E-state index in [2.05, 4.69) is 5.32 Å². The number of hydrogen-bond acceptors (Lipinski definition) is 4. The topological polar surface area (TPSA) is 55.4 Å². The zero-order valence-electron chi connectivity index (χ0n) is 14.1. The van der Waals surface area contributed by atoms with Gasteiger partial charge in [-0.15, -0.1) is 0 Å². The maximum atomic E-state index is 11.9. The Hall–Kier alpha value is -0.620. The second-order valence-corrected chi connectivity index (χ2v) is 9.16. The molecule has 1 aromatic carbocycles. The molecule has 2 atom stereocenters. The number of halogens is 1. The number of rotatable bonds is 6. The predicted molar refractivity (Wildman–Crippen MR) is 96.8 cm³/mol. The van der Waals surface area contributed by atoms with Crippen LogP contribution in [0, 0.1) is 11.8 Å². The first-order valence-electron chi connectivity index (χ1n) is 8.78. The van der Waals surface area contributed by atoms with E-state index in [1.807, 2.05) is 24.3 Å². The Labute approximate surface area is 150 Å². The van der Waals surface area contributed by atoms with Crippen LogP contribution >= 0.6 is 11.6 Å². The lowest BCUT2D eigenvalue weighted by Crippen LogP contribution is -2.42. The molecule has 2 unspecified atom stereocenters. The van der Waals surface area contributed by atoms with Gasteiger partial charge in [0.15, 0.2) is 0 Å². The fourth-order valence-electron chi connectivity index (χ4n) is 4.02. The van der Waals surface area contributed by atoms with Crippen molar-refractivity contribution in [2.45, 2.75) is 44.1 Å². The van der Waals surface area contributed by atoms with Gasteiger partial charge in [0, 0.05) is 10.9 Å². The van der Waals surface area contributed by atoms with Crippen molar-refractivity contribution in [1.29, 1.82) is 0 Å². The van der Waals surface area contributed by atoms with Crippen molar-refractivity contribution in [3.05, 3.63) is 34.9 Å². The van der Waals surface area contributed by atoms with Crippen LogP contribution in [0.4, 0.5) is 0 Å². The highest BCUT2D eigenvalue weighted by molar-refractivity contribution is 7.86. The fourth-order valence-corrected chi connectivity index (χ4v) is 4.83. The van der Waals surface area contributed by atoms with Crippen LogP contribution < -0.4 is 5.32 Å². The lowest BCUT2D eigenvalue weighted by Gasteiger charge is -2.42. The van der Waals surface area contributed by atoms with Crippen LogP contribution in [0.3, 0.4) is 0 Å².